The van der Waals surface area contributed by atoms with Gasteiger partial charge in [-0.15, -0.1) is 0 Å². The molecule has 1 saturated heterocycles. The Bertz CT molecular complexity index is 375. The molecule has 2 heterocycles. The van der Waals surface area contributed by atoms with Gasteiger partial charge in [0, 0.05) is 19.6 Å². The largest absolute Gasteiger partial charge is 0.354 e. The summed E-state index contributed by atoms with van der Waals surface area (Å²) < 4.78 is 13.8. The molecule has 5 heteroatoms. The van der Waals surface area contributed by atoms with Crippen LogP contribution in [0, 0.1) is 5.82 Å². The van der Waals surface area contributed by atoms with Crippen molar-refractivity contribution in [1.29, 1.82) is 0 Å². The molecule has 0 spiro atoms. The van der Waals surface area contributed by atoms with Gasteiger partial charge in [0.25, 0.3) is 0 Å². The minimum Gasteiger partial charge on any atom is -0.354 e. The summed E-state index contributed by atoms with van der Waals surface area (Å²) in [7, 11) is 0. The van der Waals surface area contributed by atoms with Gasteiger partial charge in [-0.1, -0.05) is 19.8 Å². The highest BCUT2D eigenvalue weighted by molar-refractivity contribution is 5.44. The van der Waals surface area contributed by atoms with Gasteiger partial charge in [0.1, 0.15) is 0 Å². The minimum atomic E-state index is -0.320. The van der Waals surface area contributed by atoms with Gasteiger partial charge in [-0.2, -0.15) is 4.98 Å². The number of halogens is 1. The first-order chi connectivity index (χ1) is 8.81. The van der Waals surface area contributed by atoms with E-state index in [1.165, 1.54) is 19.0 Å². The Labute approximate surface area is 108 Å². The van der Waals surface area contributed by atoms with Gasteiger partial charge in [0.05, 0.1) is 6.20 Å². The van der Waals surface area contributed by atoms with Gasteiger partial charge < -0.3 is 10.2 Å². The lowest BCUT2D eigenvalue weighted by Crippen LogP contribution is -2.26. The normalized spacial score (nSPS) is 16.4. The molecule has 1 aliphatic rings. The fraction of sp³-hybridized carbons (Fsp3) is 0.692. The molecule has 1 aliphatic heterocycles. The van der Waals surface area contributed by atoms with E-state index >= 15 is 0 Å². The van der Waals surface area contributed by atoms with Crippen molar-refractivity contribution in [3.63, 3.8) is 0 Å². The molecule has 18 heavy (non-hydrogen) atoms. The second-order valence-electron chi connectivity index (χ2n) is 4.69. The van der Waals surface area contributed by atoms with Gasteiger partial charge in [0.2, 0.25) is 5.95 Å². The summed E-state index contributed by atoms with van der Waals surface area (Å²) >= 11 is 0. The topological polar surface area (TPSA) is 41.1 Å². The van der Waals surface area contributed by atoms with E-state index in [1.807, 2.05) is 4.90 Å². The smallest absolute Gasteiger partial charge is 0.224 e. The predicted octanol–water partition coefficient (Wildman–Crippen LogP) is 2.82. The Balaban J connectivity index is 2.13. The molecule has 0 saturated carbocycles. The molecule has 0 unspecified atom stereocenters. The molecule has 0 radical (unpaired) electrons. The summed E-state index contributed by atoms with van der Waals surface area (Å²) in [5.41, 5.74) is 0. The zero-order valence-corrected chi connectivity index (χ0v) is 11.0. The van der Waals surface area contributed by atoms with E-state index in [-0.39, 0.29) is 5.82 Å². The molecule has 100 valence electrons. The lowest BCUT2D eigenvalue weighted by atomic mass is 10.2. The molecule has 0 aliphatic carbocycles. The van der Waals surface area contributed by atoms with E-state index in [4.69, 9.17) is 0 Å². The Hall–Kier alpha value is -1.39. The highest BCUT2D eigenvalue weighted by Crippen LogP contribution is 2.21. The molecular weight excluding hydrogens is 231 g/mol. The highest BCUT2D eigenvalue weighted by Gasteiger charge is 2.16. The fourth-order valence-electron chi connectivity index (χ4n) is 2.18. The predicted molar refractivity (Wildman–Crippen MR) is 71.5 cm³/mol. The molecule has 0 amide bonds. The van der Waals surface area contributed by atoms with Crippen LogP contribution in [0.3, 0.4) is 0 Å². The number of rotatable bonds is 4. The van der Waals surface area contributed by atoms with Crippen LogP contribution in [-0.2, 0) is 0 Å². The number of nitrogens with one attached hydrogen (secondary N) is 1. The molecular formula is C13H21FN4. The van der Waals surface area contributed by atoms with E-state index in [9.17, 15) is 4.39 Å². The molecule has 1 aromatic rings. The van der Waals surface area contributed by atoms with Gasteiger partial charge >= 0.3 is 0 Å². The lowest BCUT2D eigenvalue weighted by Gasteiger charge is -2.22. The zero-order valence-electron chi connectivity index (χ0n) is 11.0. The molecule has 1 N–H and O–H groups in total. The molecule has 1 aromatic heterocycles. The van der Waals surface area contributed by atoms with Gasteiger partial charge in [-0.3, -0.25) is 0 Å². The van der Waals surface area contributed by atoms with Gasteiger partial charge in [-0.05, 0) is 19.3 Å². The summed E-state index contributed by atoms with van der Waals surface area (Å²) in [5, 5.41) is 3.10. The maximum Gasteiger partial charge on any atom is 0.224 e. The van der Waals surface area contributed by atoms with Crippen LogP contribution in [0.2, 0.25) is 0 Å². The van der Waals surface area contributed by atoms with Gasteiger partial charge in [0.15, 0.2) is 11.6 Å². The van der Waals surface area contributed by atoms with Crippen molar-refractivity contribution in [3.8, 4) is 0 Å². The van der Waals surface area contributed by atoms with E-state index in [0.29, 0.717) is 11.8 Å². The molecule has 0 aromatic carbocycles. The van der Waals surface area contributed by atoms with E-state index < -0.39 is 0 Å². The highest BCUT2D eigenvalue weighted by atomic mass is 19.1. The van der Waals surface area contributed by atoms with Crippen LogP contribution in [0.1, 0.15) is 39.0 Å². The van der Waals surface area contributed by atoms with Crippen LogP contribution in [0.4, 0.5) is 16.2 Å². The van der Waals surface area contributed by atoms with Crippen molar-refractivity contribution in [2.75, 3.05) is 29.9 Å². The van der Waals surface area contributed by atoms with Crippen molar-refractivity contribution in [2.45, 2.75) is 39.0 Å². The first kappa shape index (κ1) is 13.1. The number of anilines is 2. The number of aromatic nitrogens is 2. The van der Waals surface area contributed by atoms with Crippen molar-refractivity contribution >= 4 is 11.8 Å². The van der Waals surface area contributed by atoms with Crippen LogP contribution in [0.5, 0.6) is 0 Å². The summed E-state index contributed by atoms with van der Waals surface area (Å²) in [6.07, 6.45) is 6.95. The summed E-state index contributed by atoms with van der Waals surface area (Å²) in [4.78, 5) is 10.3. The molecule has 0 bridgehead atoms. The Morgan fingerprint density at radius 2 is 2.00 bits per heavy atom. The lowest BCUT2D eigenvalue weighted by molar-refractivity contribution is 0.601. The van der Waals surface area contributed by atoms with Gasteiger partial charge in [-0.25, -0.2) is 9.37 Å². The Morgan fingerprint density at radius 3 is 2.67 bits per heavy atom. The van der Waals surface area contributed by atoms with Crippen LogP contribution in [0.15, 0.2) is 6.20 Å². The average molecular weight is 252 g/mol. The van der Waals surface area contributed by atoms with Crippen molar-refractivity contribution in [2.24, 2.45) is 0 Å². The summed E-state index contributed by atoms with van der Waals surface area (Å²) in [6.45, 7) is 4.67. The Morgan fingerprint density at radius 1 is 1.28 bits per heavy atom. The van der Waals surface area contributed by atoms with E-state index in [1.54, 1.807) is 0 Å². The quantitative estimate of drug-likeness (QED) is 0.894. The molecule has 1 fully saturated rings. The van der Waals surface area contributed by atoms with E-state index in [2.05, 4.69) is 22.2 Å². The first-order valence-electron chi connectivity index (χ1n) is 6.82. The van der Waals surface area contributed by atoms with Crippen LogP contribution >= 0.6 is 0 Å². The third-order valence-electron chi connectivity index (χ3n) is 3.16. The zero-order chi connectivity index (χ0) is 12.8. The van der Waals surface area contributed by atoms with Crippen LogP contribution < -0.4 is 10.2 Å². The monoisotopic (exact) mass is 252 g/mol. The summed E-state index contributed by atoms with van der Waals surface area (Å²) in [6, 6.07) is 0. The molecule has 2 rings (SSSR count). The minimum absolute atomic E-state index is 0.320. The second-order valence-corrected chi connectivity index (χ2v) is 4.69. The third-order valence-corrected chi connectivity index (χ3v) is 3.16. The SMILES string of the molecule is CCCNc1ncc(F)c(N2CCCCCC2)n1. The average Bonchev–Trinajstić information content (AvgIpc) is 2.66. The van der Waals surface area contributed by atoms with Crippen molar-refractivity contribution in [1.82, 2.24) is 9.97 Å². The van der Waals surface area contributed by atoms with E-state index in [0.717, 1.165) is 38.9 Å². The number of hydrogen-bond donors (Lipinski definition) is 1. The Kier molecular flexibility index (Phi) is 4.73. The second kappa shape index (κ2) is 6.52. The summed E-state index contributed by atoms with van der Waals surface area (Å²) in [5.74, 6) is 0.655. The molecule has 4 nitrogen and oxygen atoms in total. The van der Waals surface area contributed by atoms with Crippen LogP contribution in [-0.4, -0.2) is 29.6 Å². The maximum atomic E-state index is 13.8. The fourth-order valence-corrected chi connectivity index (χ4v) is 2.18. The third kappa shape index (κ3) is 3.31. The first-order valence-corrected chi connectivity index (χ1v) is 6.82. The standard InChI is InChI=1S/C13H21FN4/c1-2-7-15-13-16-10-11(14)12(17-13)18-8-5-3-4-6-9-18/h10H,2-9H2,1H3,(H,15,16,17). The van der Waals surface area contributed by atoms with Crippen LogP contribution in [0.25, 0.3) is 0 Å². The maximum absolute atomic E-state index is 13.8. The number of nitrogens with zero attached hydrogens (tertiary/aromatic N) is 3. The van der Waals surface area contributed by atoms with Crippen molar-refractivity contribution < 1.29 is 4.39 Å². The van der Waals surface area contributed by atoms with Crippen molar-refractivity contribution in [3.05, 3.63) is 12.0 Å². The molecule has 0 atom stereocenters. The number of hydrogen-bond acceptors (Lipinski definition) is 4.